The number of carbonyl (C=O) groups is 1. The minimum absolute atomic E-state index is 0.0901. The maximum Gasteiger partial charge on any atom is 0.235 e. The molecule has 1 saturated heterocycles. The number of amides is 1. The number of para-hydroxylation sites is 1. The van der Waals surface area contributed by atoms with Gasteiger partial charge in [0.2, 0.25) is 5.91 Å². The van der Waals surface area contributed by atoms with Crippen LogP contribution in [0.15, 0.2) is 41.3 Å². The molecule has 3 N–H and O–H groups in total. The number of rotatable bonds is 7. The van der Waals surface area contributed by atoms with Crippen molar-refractivity contribution in [3.8, 4) is 11.5 Å². The zero-order valence-electron chi connectivity index (χ0n) is 17.5. The van der Waals surface area contributed by atoms with Gasteiger partial charge in [0.05, 0.1) is 42.4 Å². The highest BCUT2D eigenvalue weighted by molar-refractivity contribution is 8.00. The summed E-state index contributed by atoms with van der Waals surface area (Å²) in [5, 5.41) is 6.50. The van der Waals surface area contributed by atoms with Crippen molar-refractivity contribution < 1.29 is 19.0 Å². The molecule has 2 fully saturated rings. The Morgan fingerprint density at radius 2 is 2.13 bits per heavy atom. The van der Waals surface area contributed by atoms with Crippen molar-refractivity contribution in [3.05, 3.63) is 42.0 Å². The first-order valence-corrected chi connectivity index (χ1v) is 11.5. The Balaban J connectivity index is 1.41. The molecule has 1 spiro atoms. The molecule has 2 heterocycles. The first-order chi connectivity index (χ1) is 15.2. The van der Waals surface area contributed by atoms with Crippen molar-refractivity contribution >= 4 is 29.2 Å². The van der Waals surface area contributed by atoms with Crippen molar-refractivity contribution in [2.24, 2.45) is 0 Å². The molecule has 0 radical (unpaired) electrons. The maximum atomic E-state index is 12.8. The number of ether oxygens (including phenoxy) is 3. The minimum Gasteiger partial charge on any atom is -0.496 e. The number of carbonyl (C=O) groups excluding carboxylic acids is 1. The smallest absolute Gasteiger partial charge is 0.235 e. The Labute approximate surface area is 186 Å². The quantitative estimate of drug-likeness (QED) is 0.567. The van der Waals surface area contributed by atoms with E-state index in [1.54, 1.807) is 7.11 Å². The molecule has 2 aromatic rings. The molecule has 0 aromatic heterocycles. The van der Waals surface area contributed by atoms with Gasteiger partial charge in [-0.15, -0.1) is 0 Å². The standard InChI is InChI=1S/C23H27N3O4S/c1-28-18-5-2-3-6-20(18)31-26-15-11-17-21(25-22(27)23(17)7-4-8-23)19(12-15)30-14-16-13-29-10-9-24-16/h2-3,5-6,11-12,16,24,26H,4,7-10,13-14H2,1H3,(H,25,27). The number of nitrogens with one attached hydrogen (secondary N) is 3. The van der Waals surface area contributed by atoms with E-state index in [1.165, 1.54) is 11.9 Å². The van der Waals surface area contributed by atoms with Crippen LogP contribution in [0.2, 0.25) is 0 Å². The van der Waals surface area contributed by atoms with Crippen molar-refractivity contribution in [1.29, 1.82) is 0 Å². The lowest BCUT2D eigenvalue weighted by Crippen LogP contribution is -2.44. The third-order valence-corrected chi connectivity index (χ3v) is 7.18. The van der Waals surface area contributed by atoms with Crippen LogP contribution in [0.25, 0.3) is 0 Å². The van der Waals surface area contributed by atoms with Crippen molar-refractivity contribution in [2.75, 3.05) is 43.5 Å². The summed E-state index contributed by atoms with van der Waals surface area (Å²) in [6.07, 6.45) is 2.83. The summed E-state index contributed by atoms with van der Waals surface area (Å²) in [5.74, 6) is 1.60. The van der Waals surface area contributed by atoms with Gasteiger partial charge in [-0.05, 0) is 48.6 Å². The van der Waals surface area contributed by atoms with Gasteiger partial charge in [0.25, 0.3) is 0 Å². The topological polar surface area (TPSA) is 80.8 Å². The first-order valence-electron chi connectivity index (χ1n) is 10.7. The van der Waals surface area contributed by atoms with Crippen LogP contribution in [0.3, 0.4) is 0 Å². The Morgan fingerprint density at radius 3 is 2.87 bits per heavy atom. The molecule has 31 heavy (non-hydrogen) atoms. The summed E-state index contributed by atoms with van der Waals surface area (Å²) in [5.41, 5.74) is 2.35. The van der Waals surface area contributed by atoms with E-state index < -0.39 is 5.41 Å². The van der Waals surface area contributed by atoms with Crippen molar-refractivity contribution in [3.63, 3.8) is 0 Å². The lowest BCUT2D eigenvalue weighted by atomic mass is 9.65. The average molecular weight is 442 g/mol. The Morgan fingerprint density at radius 1 is 1.26 bits per heavy atom. The molecule has 0 bridgehead atoms. The van der Waals surface area contributed by atoms with Gasteiger partial charge in [-0.2, -0.15) is 0 Å². The third-order valence-electron chi connectivity index (χ3n) is 6.28. The Kier molecular flexibility index (Phi) is 5.69. The maximum absolute atomic E-state index is 12.8. The second kappa shape index (κ2) is 8.61. The van der Waals surface area contributed by atoms with Crippen LogP contribution in [-0.4, -0.2) is 45.4 Å². The highest BCUT2D eigenvalue weighted by atomic mass is 32.2. The molecule has 8 heteroatoms. The predicted octanol–water partition coefficient (Wildman–Crippen LogP) is 3.56. The SMILES string of the molecule is COc1ccccc1SNc1cc(OCC2COCCN2)c2c(c1)C1(CCC1)C(=O)N2. The van der Waals surface area contributed by atoms with Gasteiger partial charge in [-0.25, -0.2) is 0 Å². The molecule has 2 aliphatic heterocycles. The Bertz CT molecular complexity index is 973. The fourth-order valence-electron chi connectivity index (χ4n) is 4.41. The number of anilines is 2. The number of morpholine rings is 1. The molecule has 164 valence electrons. The zero-order chi connectivity index (χ0) is 21.3. The van der Waals surface area contributed by atoms with Crippen LogP contribution < -0.4 is 24.8 Å². The van der Waals surface area contributed by atoms with Gasteiger partial charge < -0.3 is 29.6 Å². The second-order valence-corrected chi connectivity index (χ2v) is 9.03. The van der Waals surface area contributed by atoms with Gasteiger partial charge in [-0.3, -0.25) is 4.79 Å². The molecule has 1 saturated carbocycles. The van der Waals surface area contributed by atoms with E-state index in [1.807, 2.05) is 30.3 Å². The van der Waals surface area contributed by atoms with Crippen LogP contribution >= 0.6 is 11.9 Å². The molecule has 1 amide bonds. The lowest BCUT2D eigenvalue weighted by Gasteiger charge is -2.36. The second-order valence-electron chi connectivity index (χ2n) is 8.18. The highest BCUT2D eigenvalue weighted by Crippen LogP contribution is 2.54. The summed E-state index contributed by atoms with van der Waals surface area (Å²) < 4.78 is 20.6. The van der Waals surface area contributed by atoms with E-state index in [9.17, 15) is 4.79 Å². The molecule has 1 atom stereocenters. The van der Waals surface area contributed by atoms with Gasteiger partial charge in [0, 0.05) is 18.3 Å². The van der Waals surface area contributed by atoms with Gasteiger partial charge in [0.15, 0.2) is 0 Å². The van der Waals surface area contributed by atoms with E-state index >= 15 is 0 Å². The number of fused-ring (bicyclic) bond motifs is 2. The summed E-state index contributed by atoms with van der Waals surface area (Å²) in [7, 11) is 1.67. The van der Waals surface area contributed by atoms with E-state index in [0.717, 1.165) is 60.0 Å². The van der Waals surface area contributed by atoms with Crippen molar-refractivity contribution in [2.45, 2.75) is 35.6 Å². The molecule has 5 rings (SSSR count). The molecule has 1 aliphatic carbocycles. The highest BCUT2D eigenvalue weighted by Gasteiger charge is 2.52. The van der Waals surface area contributed by atoms with Gasteiger partial charge >= 0.3 is 0 Å². The first kappa shape index (κ1) is 20.5. The summed E-state index contributed by atoms with van der Waals surface area (Å²) >= 11 is 1.48. The van der Waals surface area contributed by atoms with Crippen LogP contribution in [0, 0.1) is 0 Å². The fraction of sp³-hybridized carbons (Fsp3) is 0.435. The number of hydrogen-bond donors (Lipinski definition) is 3. The van der Waals surface area contributed by atoms with Crippen LogP contribution in [0.4, 0.5) is 11.4 Å². The van der Waals surface area contributed by atoms with Crippen LogP contribution in [0.5, 0.6) is 11.5 Å². The summed E-state index contributed by atoms with van der Waals surface area (Å²) in [4.78, 5) is 13.8. The van der Waals surface area contributed by atoms with Crippen LogP contribution in [0.1, 0.15) is 24.8 Å². The number of benzene rings is 2. The minimum atomic E-state index is -0.410. The summed E-state index contributed by atoms with van der Waals surface area (Å²) in [6.45, 7) is 2.66. The van der Waals surface area contributed by atoms with E-state index in [4.69, 9.17) is 14.2 Å². The number of methoxy groups -OCH3 is 1. The average Bonchev–Trinajstić information content (AvgIpc) is 3.09. The molecular formula is C23H27N3O4S. The van der Waals surface area contributed by atoms with Gasteiger partial charge in [-0.1, -0.05) is 18.6 Å². The van der Waals surface area contributed by atoms with E-state index in [0.29, 0.717) is 19.0 Å². The molecule has 1 unspecified atom stereocenters. The largest absolute Gasteiger partial charge is 0.496 e. The molecule has 3 aliphatic rings. The van der Waals surface area contributed by atoms with Crippen LogP contribution in [-0.2, 0) is 14.9 Å². The van der Waals surface area contributed by atoms with E-state index in [-0.39, 0.29) is 11.9 Å². The third kappa shape index (κ3) is 3.84. The Hall–Kier alpha value is -2.42. The molecular weight excluding hydrogens is 414 g/mol. The number of hydrogen-bond acceptors (Lipinski definition) is 7. The normalized spacial score (nSPS) is 21.2. The summed E-state index contributed by atoms with van der Waals surface area (Å²) in [6, 6.07) is 12.1. The fourth-order valence-corrected chi connectivity index (χ4v) is 5.16. The molecule has 7 nitrogen and oxygen atoms in total. The van der Waals surface area contributed by atoms with Gasteiger partial charge in [0.1, 0.15) is 18.1 Å². The predicted molar refractivity (Wildman–Crippen MR) is 121 cm³/mol. The zero-order valence-corrected chi connectivity index (χ0v) is 18.3. The van der Waals surface area contributed by atoms with Crippen molar-refractivity contribution in [1.82, 2.24) is 5.32 Å². The monoisotopic (exact) mass is 441 g/mol. The lowest BCUT2D eigenvalue weighted by molar-refractivity contribution is -0.123. The van der Waals surface area contributed by atoms with E-state index in [2.05, 4.69) is 21.4 Å². The molecule has 2 aromatic carbocycles.